The number of benzene rings is 1. The number of hydrogen-bond donors (Lipinski definition) is 0. The Balaban J connectivity index is 1.85. The topological polar surface area (TPSA) is 57.0 Å². The van der Waals surface area contributed by atoms with Crippen LogP contribution in [0.15, 0.2) is 58.7 Å². The molecular weight excluding hydrogens is 346 g/mol. The normalized spacial score (nSPS) is 11.3. The molecule has 0 N–H and O–H groups in total. The van der Waals surface area contributed by atoms with Crippen molar-refractivity contribution in [2.75, 3.05) is 6.61 Å². The Morgan fingerprint density at radius 3 is 2.81 bits per heavy atom. The van der Waals surface area contributed by atoms with Crippen LogP contribution in [0.3, 0.4) is 0 Å². The van der Waals surface area contributed by atoms with Crippen LogP contribution in [0.4, 0.5) is 0 Å². The Morgan fingerprint density at radius 1 is 1.19 bits per heavy atom. The predicted molar refractivity (Wildman–Crippen MR) is 106 cm³/mol. The molecule has 136 valence electrons. The Bertz CT molecular complexity index is 910. The minimum atomic E-state index is 0.00818. The molecule has 2 heterocycles. The van der Waals surface area contributed by atoms with Crippen LogP contribution in [-0.4, -0.2) is 27.2 Å². The minimum Gasteiger partial charge on any atom is -0.379 e. The van der Waals surface area contributed by atoms with Crippen molar-refractivity contribution in [2.45, 2.75) is 43.8 Å². The highest BCUT2D eigenvalue weighted by molar-refractivity contribution is 7.98. The maximum atomic E-state index is 12.9. The van der Waals surface area contributed by atoms with Crippen molar-refractivity contribution in [3.05, 3.63) is 64.7 Å². The molecular formula is C20H23N3O2S. The second-order valence-corrected chi connectivity index (χ2v) is 7.23. The summed E-state index contributed by atoms with van der Waals surface area (Å²) in [4.78, 5) is 21.8. The van der Waals surface area contributed by atoms with E-state index >= 15 is 0 Å². The van der Waals surface area contributed by atoms with Crippen molar-refractivity contribution >= 4 is 22.7 Å². The molecule has 0 spiro atoms. The average molecular weight is 369 g/mol. The highest BCUT2D eigenvalue weighted by Crippen LogP contribution is 2.22. The van der Waals surface area contributed by atoms with Gasteiger partial charge in [-0.25, -0.2) is 4.98 Å². The lowest BCUT2D eigenvalue weighted by Gasteiger charge is -2.14. The Labute approximate surface area is 157 Å². The molecule has 0 aliphatic rings. The van der Waals surface area contributed by atoms with Gasteiger partial charge in [0.15, 0.2) is 5.16 Å². The molecule has 0 radical (unpaired) electrons. The van der Waals surface area contributed by atoms with Gasteiger partial charge >= 0.3 is 0 Å². The van der Waals surface area contributed by atoms with E-state index in [1.54, 1.807) is 22.5 Å². The van der Waals surface area contributed by atoms with E-state index in [-0.39, 0.29) is 11.7 Å². The first-order chi connectivity index (χ1) is 12.6. The molecule has 26 heavy (non-hydrogen) atoms. The summed E-state index contributed by atoms with van der Waals surface area (Å²) in [7, 11) is 0. The van der Waals surface area contributed by atoms with E-state index in [4.69, 9.17) is 9.72 Å². The molecule has 0 amide bonds. The van der Waals surface area contributed by atoms with E-state index in [1.165, 1.54) is 0 Å². The molecule has 0 fully saturated rings. The summed E-state index contributed by atoms with van der Waals surface area (Å²) in [5, 5.41) is 1.39. The minimum absolute atomic E-state index is 0.00818. The van der Waals surface area contributed by atoms with E-state index in [0.717, 1.165) is 28.4 Å². The van der Waals surface area contributed by atoms with Crippen LogP contribution in [-0.2, 0) is 17.0 Å². The summed E-state index contributed by atoms with van der Waals surface area (Å²) in [5.41, 5.74) is 1.85. The van der Waals surface area contributed by atoms with Gasteiger partial charge in [0.05, 0.1) is 17.0 Å². The highest BCUT2D eigenvalue weighted by Gasteiger charge is 2.11. The van der Waals surface area contributed by atoms with Gasteiger partial charge < -0.3 is 4.74 Å². The zero-order valence-corrected chi connectivity index (χ0v) is 15.9. The number of para-hydroxylation sites is 1. The van der Waals surface area contributed by atoms with Gasteiger partial charge in [-0.15, -0.1) is 0 Å². The van der Waals surface area contributed by atoms with Crippen molar-refractivity contribution in [3.63, 3.8) is 0 Å². The first kappa shape index (κ1) is 18.6. The van der Waals surface area contributed by atoms with E-state index < -0.39 is 0 Å². The lowest BCUT2D eigenvalue weighted by Crippen LogP contribution is -2.24. The maximum Gasteiger partial charge on any atom is 0.262 e. The molecule has 1 aromatic carbocycles. The average Bonchev–Trinajstić information content (AvgIpc) is 2.66. The fourth-order valence-corrected chi connectivity index (χ4v) is 3.59. The smallest absolute Gasteiger partial charge is 0.262 e. The van der Waals surface area contributed by atoms with Gasteiger partial charge in [0.2, 0.25) is 0 Å². The van der Waals surface area contributed by atoms with E-state index in [2.05, 4.69) is 4.98 Å². The number of thioether (sulfide) groups is 1. The molecule has 0 saturated carbocycles. The maximum absolute atomic E-state index is 12.9. The van der Waals surface area contributed by atoms with Crippen LogP contribution in [0, 0.1) is 0 Å². The van der Waals surface area contributed by atoms with Crippen molar-refractivity contribution in [1.29, 1.82) is 0 Å². The van der Waals surface area contributed by atoms with E-state index in [1.807, 2.05) is 56.4 Å². The van der Waals surface area contributed by atoms with E-state index in [9.17, 15) is 4.79 Å². The second kappa shape index (κ2) is 8.96. The van der Waals surface area contributed by atoms with E-state index in [0.29, 0.717) is 18.5 Å². The fraction of sp³-hybridized carbons (Fsp3) is 0.350. The fourth-order valence-electron chi connectivity index (χ4n) is 2.63. The Kier molecular flexibility index (Phi) is 6.41. The Hall–Kier alpha value is -2.18. The summed E-state index contributed by atoms with van der Waals surface area (Å²) in [6.07, 6.45) is 4.57. The first-order valence-corrected chi connectivity index (χ1v) is 9.76. The summed E-state index contributed by atoms with van der Waals surface area (Å²) in [5.74, 6) is 0.723. The first-order valence-electron chi connectivity index (χ1n) is 8.78. The monoisotopic (exact) mass is 369 g/mol. The molecule has 0 aliphatic carbocycles. The zero-order valence-electron chi connectivity index (χ0n) is 15.1. The number of nitrogens with zero attached hydrogens (tertiary/aromatic N) is 3. The number of ether oxygens (including phenoxy) is 1. The van der Waals surface area contributed by atoms with Crippen LogP contribution < -0.4 is 5.56 Å². The molecule has 0 unspecified atom stereocenters. The van der Waals surface area contributed by atoms with Crippen molar-refractivity contribution in [3.8, 4) is 0 Å². The van der Waals surface area contributed by atoms with Crippen molar-refractivity contribution in [2.24, 2.45) is 0 Å². The number of fused-ring (bicyclic) bond motifs is 1. The SMILES string of the molecule is CC(C)OCCCn1c(SCc2cccnc2)nc2ccccc2c1=O. The standard InChI is InChI=1S/C20H23N3O2S/c1-15(2)25-12-6-11-23-19(24)17-8-3-4-9-18(17)22-20(23)26-14-16-7-5-10-21-13-16/h3-5,7-10,13,15H,6,11-12,14H2,1-2H3. The quantitative estimate of drug-likeness (QED) is 0.342. The van der Waals surface area contributed by atoms with Gasteiger partial charge in [-0.05, 0) is 44.0 Å². The molecule has 3 rings (SSSR count). The lowest BCUT2D eigenvalue weighted by atomic mass is 10.2. The number of rotatable bonds is 8. The predicted octanol–water partition coefficient (Wildman–Crippen LogP) is 3.90. The molecule has 6 heteroatoms. The number of pyridine rings is 1. The van der Waals surface area contributed by atoms with Crippen LogP contribution in [0.1, 0.15) is 25.8 Å². The van der Waals surface area contributed by atoms with Crippen LogP contribution >= 0.6 is 11.8 Å². The molecule has 5 nitrogen and oxygen atoms in total. The van der Waals surface area contributed by atoms with Crippen LogP contribution in [0.2, 0.25) is 0 Å². The van der Waals surface area contributed by atoms with Gasteiger partial charge in [0.25, 0.3) is 5.56 Å². The molecule has 0 aliphatic heterocycles. The molecule has 0 bridgehead atoms. The highest BCUT2D eigenvalue weighted by atomic mass is 32.2. The van der Waals surface area contributed by atoms with Gasteiger partial charge in [-0.2, -0.15) is 0 Å². The number of aromatic nitrogens is 3. The third-order valence-electron chi connectivity index (χ3n) is 3.89. The lowest BCUT2D eigenvalue weighted by molar-refractivity contribution is 0.0743. The van der Waals surface area contributed by atoms with Crippen LogP contribution in [0.25, 0.3) is 10.9 Å². The second-order valence-electron chi connectivity index (χ2n) is 6.29. The van der Waals surface area contributed by atoms with Gasteiger partial charge in [-0.3, -0.25) is 14.3 Å². The molecule has 2 aromatic heterocycles. The Morgan fingerprint density at radius 2 is 2.04 bits per heavy atom. The van der Waals surface area contributed by atoms with Gasteiger partial charge in [0, 0.05) is 31.3 Å². The van der Waals surface area contributed by atoms with Crippen molar-refractivity contribution < 1.29 is 4.74 Å². The zero-order chi connectivity index (χ0) is 18.4. The molecule has 3 aromatic rings. The van der Waals surface area contributed by atoms with Crippen LogP contribution in [0.5, 0.6) is 0 Å². The number of hydrogen-bond acceptors (Lipinski definition) is 5. The molecule has 0 saturated heterocycles. The summed E-state index contributed by atoms with van der Waals surface area (Å²) in [6.45, 7) is 5.25. The molecule has 0 atom stereocenters. The van der Waals surface area contributed by atoms with Gasteiger partial charge in [0.1, 0.15) is 0 Å². The van der Waals surface area contributed by atoms with Crippen molar-refractivity contribution in [1.82, 2.24) is 14.5 Å². The third-order valence-corrected chi connectivity index (χ3v) is 4.94. The summed E-state index contributed by atoms with van der Waals surface area (Å²) in [6, 6.07) is 11.4. The largest absolute Gasteiger partial charge is 0.379 e. The summed E-state index contributed by atoms with van der Waals surface area (Å²) >= 11 is 1.56. The summed E-state index contributed by atoms with van der Waals surface area (Å²) < 4.78 is 7.38. The third kappa shape index (κ3) is 4.71. The van der Waals surface area contributed by atoms with Gasteiger partial charge in [-0.1, -0.05) is 30.0 Å².